The van der Waals surface area contributed by atoms with Gasteiger partial charge in [0.2, 0.25) is 0 Å². The molecule has 1 aliphatic rings. The maximum Gasteiger partial charge on any atom is 0.306 e. The van der Waals surface area contributed by atoms with Crippen molar-refractivity contribution in [3.05, 3.63) is 18.0 Å². The molecule has 0 saturated carbocycles. The van der Waals surface area contributed by atoms with Crippen LogP contribution in [0.5, 0.6) is 0 Å². The third-order valence-corrected chi connectivity index (χ3v) is 3.18. The van der Waals surface area contributed by atoms with E-state index in [-0.39, 0.29) is 11.9 Å². The van der Waals surface area contributed by atoms with Crippen LogP contribution >= 0.6 is 0 Å². The van der Waals surface area contributed by atoms with Crippen molar-refractivity contribution >= 4 is 11.9 Å². The van der Waals surface area contributed by atoms with Crippen LogP contribution in [-0.4, -0.2) is 66.7 Å². The van der Waals surface area contributed by atoms with Crippen molar-refractivity contribution in [3.63, 3.8) is 0 Å². The maximum atomic E-state index is 12.0. The Balaban J connectivity index is 1.76. The first-order valence-electron chi connectivity index (χ1n) is 6.19. The van der Waals surface area contributed by atoms with Gasteiger partial charge in [0, 0.05) is 38.8 Å². The lowest BCUT2D eigenvalue weighted by Gasteiger charge is -2.34. The monoisotopic (exact) mass is 267 g/mol. The summed E-state index contributed by atoms with van der Waals surface area (Å²) in [7, 11) is 1.39. The van der Waals surface area contributed by atoms with Crippen molar-refractivity contribution in [3.8, 4) is 0 Å². The minimum absolute atomic E-state index is 0.110. The van der Waals surface area contributed by atoms with Gasteiger partial charge in [0.25, 0.3) is 5.91 Å². The zero-order valence-electron chi connectivity index (χ0n) is 10.9. The number of amides is 1. The zero-order chi connectivity index (χ0) is 13.7. The topological polar surface area (TPSA) is 75.9 Å². The maximum absolute atomic E-state index is 12.0. The third kappa shape index (κ3) is 3.54. The molecule has 0 atom stereocenters. The molecule has 0 aromatic carbocycles. The summed E-state index contributed by atoms with van der Waals surface area (Å²) in [5.41, 5.74) is 0.336. The predicted molar refractivity (Wildman–Crippen MR) is 65.5 cm³/mol. The Morgan fingerprint density at radius 2 is 2.11 bits per heavy atom. The Hall–Kier alpha value is -1.89. The minimum Gasteiger partial charge on any atom is -0.469 e. The van der Waals surface area contributed by atoms with Crippen LogP contribution in [0.2, 0.25) is 0 Å². The van der Waals surface area contributed by atoms with Gasteiger partial charge in [-0.25, -0.2) is 0 Å². The van der Waals surface area contributed by atoms with Crippen molar-refractivity contribution in [1.82, 2.24) is 15.0 Å². The number of rotatable bonds is 4. The molecule has 1 fully saturated rings. The molecule has 7 nitrogen and oxygen atoms in total. The fourth-order valence-corrected chi connectivity index (χ4v) is 2.01. The number of esters is 1. The van der Waals surface area contributed by atoms with Gasteiger partial charge in [0.05, 0.1) is 13.5 Å². The molecule has 1 saturated heterocycles. The second kappa shape index (κ2) is 6.33. The summed E-state index contributed by atoms with van der Waals surface area (Å²) < 4.78 is 9.27. The van der Waals surface area contributed by atoms with E-state index in [4.69, 9.17) is 0 Å². The molecule has 1 aromatic rings. The molecular weight excluding hydrogens is 250 g/mol. The molecule has 1 aliphatic heterocycles. The number of piperazine rings is 1. The van der Waals surface area contributed by atoms with Crippen LogP contribution in [0.3, 0.4) is 0 Å². The first-order valence-corrected chi connectivity index (χ1v) is 6.19. The lowest BCUT2D eigenvalue weighted by Crippen LogP contribution is -2.49. The number of methoxy groups -OCH3 is 1. The molecule has 7 heteroatoms. The first-order chi connectivity index (χ1) is 9.20. The standard InChI is InChI=1S/C12H17N3O4/c1-18-11(16)2-4-14-5-7-15(8-6-14)12(17)10-3-9-19-13-10/h3,9H,2,4-8H2,1H3. The van der Waals surface area contributed by atoms with Crippen LogP contribution in [0.25, 0.3) is 0 Å². The third-order valence-electron chi connectivity index (χ3n) is 3.18. The molecule has 2 rings (SSSR count). The van der Waals surface area contributed by atoms with Crippen molar-refractivity contribution < 1.29 is 18.8 Å². The van der Waals surface area contributed by atoms with Gasteiger partial charge in [-0.15, -0.1) is 0 Å². The zero-order valence-corrected chi connectivity index (χ0v) is 10.9. The number of hydrogen-bond acceptors (Lipinski definition) is 6. The van der Waals surface area contributed by atoms with Gasteiger partial charge in [-0.3, -0.25) is 14.5 Å². The van der Waals surface area contributed by atoms with Gasteiger partial charge in [-0.05, 0) is 0 Å². The van der Waals surface area contributed by atoms with E-state index in [0.717, 1.165) is 13.1 Å². The second-order valence-corrected chi connectivity index (χ2v) is 4.34. The van der Waals surface area contributed by atoms with E-state index in [9.17, 15) is 9.59 Å². The fraction of sp³-hybridized carbons (Fsp3) is 0.583. The van der Waals surface area contributed by atoms with E-state index >= 15 is 0 Å². The highest BCUT2D eigenvalue weighted by Gasteiger charge is 2.23. The number of ether oxygens (including phenoxy) is 1. The molecular formula is C12H17N3O4. The molecule has 0 aliphatic carbocycles. The van der Waals surface area contributed by atoms with Gasteiger partial charge in [-0.2, -0.15) is 0 Å². The Morgan fingerprint density at radius 1 is 1.37 bits per heavy atom. The summed E-state index contributed by atoms with van der Waals surface area (Å²) in [4.78, 5) is 26.9. The van der Waals surface area contributed by atoms with Crippen LogP contribution in [-0.2, 0) is 9.53 Å². The van der Waals surface area contributed by atoms with Crippen molar-refractivity contribution in [2.24, 2.45) is 0 Å². The molecule has 0 bridgehead atoms. The normalized spacial score (nSPS) is 16.4. The molecule has 1 amide bonds. The Labute approximate surface area is 111 Å². The molecule has 0 N–H and O–H groups in total. The minimum atomic E-state index is -0.207. The molecule has 0 spiro atoms. The van der Waals surface area contributed by atoms with E-state index in [1.54, 1.807) is 11.0 Å². The average Bonchev–Trinajstić information content (AvgIpc) is 2.98. The molecule has 1 aromatic heterocycles. The highest BCUT2D eigenvalue weighted by Crippen LogP contribution is 2.07. The van der Waals surface area contributed by atoms with Crippen LogP contribution < -0.4 is 0 Å². The summed E-state index contributed by atoms with van der Waals surface area (Å²) in [5.74, 6) is -0.317. The van der Waals surface area contributed by atoms with Gasteiger partial charge in [0.1, 0.15) is 6.26 Å². The van der Waals surface area contributed by atoms with E-state index in [1.165, 1.54) is 13.4 Å². The Morgan fingerprint density at radius 3 is 2.68 bits per heavy atom. The fourth-order valence-electron chi connectivity index (χ4n) is 2.01. The summed E-state index contributed by atoms with van der Waals surface area (Å²) in [6, 6.07) is 1.56. The number of carbonyl (C=O) groups excluding carboxylic acids is 2. The van der Waals surface area contributed by atoms with E-state index in [0.29, 0.717) is 31.7 Å². The summed E-state index contributed by atoms with van der Waals surface area (Å²) in [6.07, 6.45) is 1.77. The first kappa shape index (κ1) is 13.5. The van der Waals surface area contributed by atoms with E-state index in [1.807, 2.05) is 0 Å². The molecule has 0 unspecified atom stereocenters. The summed E-state index contributed by atoms with van der Waals surface area (Å²) in [6.45, 7) is 3.43. The summed E-state index contributed by atoms with van der Waals surface area (Å²) >= 11 is 0. The van der Waals surface area contributed by atoms with Crippen molar-refractivity contribution in [2.45, 2.75) is 6.42 Å². The van der Waals surface area contributed by atoms with E-state index in [2.05, 4.69) is 19.3 Å². The van der Waals surface area contributed by atoms with Crippen molar-refractivity contribution in [2.75, 3.05) is 39.8 Å². The number of nitrogens with zero attached hydrogens (tertiary/aromatic N) is 3. The van der Waals surface area contributed by atoms with E-state index < -0.39 is 0 Å². The van der Waals surface area contributed by atoms with Gasteiger partial charge >= 0.3 is 5.97 Å². The van der Waals surface area contributed by atoms with Crippen molar-refractivity contribution in [1.29, 1.82) is 0 Å². The SMILES string of the molecule is COC(=O)CCN1CCN(C(=O)c2ccon2)CC1. The lowest BCUT2D eigenvalue weighted by molar-refractivity contribution is -0.141. The highest BCUT2D eigenvalue weighted by atomic mass is 16.5. The van der Waals surface area contributed by atoms with Gasteiger partial charge in [-0.1, -0.05) is 5.16 Å². The predicted octanol–water partition coefficient (Wildman–Crippen LogP) is -0.00450. The van der Waals surface area contributed by atoms with Crippen LogP contribution in [0.1, 0.15) is 16.9 Å². The summed E-state index contributed by atoms with van der Waals surface area (Å²) in [5, 5.41) is 3.64. The quantitative estimate of drug-likeness (QED) is 0.714. The largest absolute Gasteiger partial charge is 0.469 e. The van der Waals surface area contributed by atoms with Crippen LogP contribution in [0, 0.1) is 0 Å². The Kier molecular flexibility index (Phi) is 4.51. The highest BCUT2D eigenvalue weighted by molar-refractivity contribution is 5.92. The average molecular weight is 267 g/mol. The molecule has 2 heterocycles. The Bertz CT molecular complexity index is 424. The lowest BCUT2D eigenvalue weighted by atomic mass is 10.2. The van der Waals surface area contributed by atoms with Gasteiger partial charge in [0.15, 0.2) is 5.69 Å². The smallest absolute Gasteiger partial charge is 0.306 e. The number of carbonyl (C=O) groups is 2. The number of hydrogen-bond donors (Lipinski definition) is 0. The molecule has 104 valence electrons. The van der Waals surface area contributed by atoms with Gasteiger partial charge < -0.3 is 14.2 Å². The van der Waals surface area contributed by atoms with Crippen LogP contribution in [0.4, 0.5) is 0 Å². The molecule has 19 heavy (non-hydrogen) atoms. The van der Waals surface area contributed by atoms with Crippen LogP contribution in [0.15, 0.2) is 16.9 Å². The molecule has 0 radical (unpaired) electrons. The second-order valence-electron chi connectivity index (χ2n) is 4.34. The number of aromatic nitrogens is 1.